The van der Waals surface area contributed by atoms with Crippen LogP contribution in [0.25, 0.3) is 0 Å². The number of nitrogens with one attached hydrogen (secondary N) is 1. The van der Waals surface area contributed by atoms with Crippen molar-refractivity contribution in [3.05, 3.63) is 29.8 Å². The fraction of sp³-hybridized carbons (Fsp3) is 0.636. The molecule has 1 N–H and O–H groups in total. The average molecular weight is 354 g/mol. The standard InChI is InChI=1S/C22H30N2O2/c1-4-26-18-8-6-5-7-17(18)12-23-24-19(25)22-11-16-9-20(2,14-22)13-21(3,10-16)15-22/h5-8,12,16H,4,9-11,13-15H2,1-3H3,(H,24,25)/b23-12+. The van der Waals surface area contributed by atoms with E-state index in [0.717, 1.165) is 30.6 Å². The van der Waals surface area contributed by atoms with Crippen LogP contribution >= 0.6 is 0 Å². The van der Waals surface area contributed by atoms with Crippen molar-refractivity contribution in [1.82, 2.24) is 5.43 Å². The minimum atomic E-state index is -0.223. The number of amides is 1. The van der Waals surface area contributed by atoms with E-state index in [0.29, 0.717) is 23.4 Å². The van der Waals surface area contributed by atoms with Gasteiger partial charge in [0.1, 0.15) is 5.75 Å². The predicted molar refractivity (Wildman–Crippen MR) is 103 cm³/mol. The van der Waals surface area contributed by atoms with Gasteiger partial charge in [-0.25, -0.2) is 5.43 Å². The molecule has 4 aliphatic rings. The maximum atomic E-state index is 13.1. The summed E-state index contributed by atoms with van der Waals surface area (Å²) in [5, 5.41) is 4.28. The highest BCUT2D eigenvalue weighted by molar-refractivity contribution is 5.87. The Labute approximate surface area is 156 Å². The van der Waals surface area contributed by atoms with Gasteiger partial charge in [-0.3, -0.25) is 4.79 Å². The topological polar surface area (TPSA) is 50.7 Å². The molecule has 2 atom stereocenters. The molecule has 0 aliphatic heterocycles. The first-order chi connectivity index (χ1) is 12.4. The highest BCUT2D eigenvalue weighted by Gasteiger charge is 2.62. The molecule has 4 fully saturated rings. The van der Waals surface area contributed by atoms with E-state index >= 15 is 0 Å². The molecular weight excluding hydrogens is 324 g/mol. The fourth-order valence-corrected chi connectivity index (χ4v) is 6.85. The number of carbonyl (C=O) groups excluding carboxylic acids is 1. The normalized spacial score (nSPS) is 37.9. The summed E-state index contributed by atoms with van der Waals surface area (Å²) in [4.78, 5) is 13.1. The van der Waals surface area contributed by atoms with Crippen molar-refractivity contribution >= 4 is 12.1 Å². The van der Waals surface area contributed by atoms with Crippen LogP contribution in [0.2, 0.25) is 0 Å². The molecule has 5 rings (SSSR count). The molecule has 4 heteroatoms. The van der Waals surface area contributed by atoms with Gasteiger partial charge in [0, 0.05) is 5.56 Å². The van der Waals surface area contributed by atoms with E-state index in [9.17, 15) is 4.79 Å². The highest BCUT2D eigenvalue weighted by Crippen LogP contribution is 2.69. The molecule has 1 aromatic carbocycles. The quantitative estimate of drug-likeness (QED) is 0.624. The van der Waals surface area contributed by atoms with E-state index in [1.807, 2.05) is 31.2 Å². The zero-order chi connectivity index (χ0) is 18.4. The number of hydrazone groups is 1. The maximum absolute atomic E-state index is 13.1. The third-order valence-electron chi connectivity index (χ3n) is 6.70. The summed E-state index contributed by atoms with van der Waals surface area (Å²) in [6.07, 6.45) is 8.63. The van der Waals surface area contributed by atoms with Gasteiger partial charge in [0.15, 0.2) is 0 Å². The van der Waals surface area contributed by atoms with E-state index in [4.69, 9.17) is 4.74 Å². The SMILES string of the molecule is CCOc1ccccc1/C=N/NC(=O)C12CC3CC(C)(CC(C)(C3)C1)C2. The lowest BCUT2D eigenvalue weighted by atomic mass is 9.40. The smallest absolute Gasteiger partial charge is 0.246 e. The number of benzene rings is 1. The Bertz CT molecular complexity index is 723. The molecular formula is C22H30N2O2. The summed E-state index contributed by atoms with van der Waals surface area (Å²) < 4.78 is 5.62. The van der Waals surface area contributed by atoms with E-state index in [1.54, 1.807) is 6.21 Å². The first kappa shape index (κ1) is 17.6. The molecule has 4 nitrogen and oxygen atoms in total. The summed E-state index contributed by atoms with van der Waals surface area (Å²) in [5.41, 5.74) is 4.19. The Morgan fingerprint density at radius 2 is 1.88 bits per heavy atom. The van der Waals surface area contributed by atoms with Crippen molar-refractivity contribution in [3.8, 4) is 5.75 Å². The van der Waals surface area contributed by atoms with Crippen molar-refractivity contribution in [2.75, 3.05) is 6.61 Å². The molecule has 4 bridgehead atoms. The van der Waals surface area contributed by atoms with Gasteiger partial charge in [0.05, 0.1) is 18.2 Å². The summed E-state index contributed by atoms with van der Waals surface area (Å²) in [6.45, 7) is 7.35. The van der Waals surface area contributed by atoms with Crippen LogP contribution in [0.4, 0.5) is 0 Å². The highest BCUT2D eigenvalue weighted by atomic mass is 16.5. The first-order valence-electron chi connectivity index (χ1n) is 9.91. The third-order valence-corrected chi connectivity index (χ3v) is 6.70. The van der Waals surface area contributed by atoms with Crippen LogP contribution in [0, 0.1) is 22.2 Å². The Kier molecular flexibility index (Phi) is 4.13. The minimum Gasteiger partial charge on any atom is -0.493 e. The molecule has 0 heterocycles. The van der Waals surface area contributed by atoms with Gasteiger partial charge in [0.2, 0.25) is 5.91 Å². The molecule has 0 radical (unpaired) electrons. The van der Waals surface area contributed by atoms with Crippen molar-refractivity contribution < 1.29 is 9.53 Å². The number of ether oxygens (including phenoxy) is 1. The van der Waals surface area contributed by atoms with Crippen molar-refractivity contribution in [1.29, 1.82) is 0 Å². The second-order valence-electron chi connectivity index (χ2n) is 9.58. The Morgan fingerprint density at radius 3 is 2.54 bits per heavy atom. The molecule has 1 aromatic rings. The van der Waals surface area contributed by atoms with Gasteiger partial charge < -0.3 is 4.74 Å². The van der Waals surface area contributed by atoms with E-state index in [2.05, 4.69) is 24.4 Å². The first-order valence-corrected chi connectivity index (χ1v) is 9.91. The second-order valence-corrected chi connectivity index (χ2v) is 9.58. The molecule has 0 saturated heterocycles. The van der Waals surface area contributed by atoms with Crippen molar-refractivity contribution in [2.24, 2.45) is 27.3 Å². The summed E-state index contributed by atoms with van der Waals surface area (Å²) in [5.74, 6) is 1.61. The summed E-state index contributed by atoms with van der Waals surface area (Å²) in [7, 11) is 0. The van der Waals surface area contributed by atoms with Gasteiger partial charge in [-0.05, 0) is 74.3 Å². The second kappa shape index (κ2) is 6.11. The minimum absolute atomic E-state index is 0.115. The summed E-state index contributed by atoms with van der Waals surface area (Å²) >= 11 is 0. The lowest BCUT2D eigenvalue weighted by Crippen LogP contribution is -2.59. The molecule has 0 aromatic heterocycles. The lowest BCUT2D eigenvalue weighted by Gasteiger charge is -2.64. The van der Waals surface area contributed by atoms with Crippen LogP contribution in [-0.4, -0.2) is 18.7 Å². The maximum Gasteiger partial charge on any atom is 0.246 e. The van der Waals surface area contributed by atoms with Crippen molar-refractivity contribution in [3.63, 3.8) is 0 Å². The van der Waals surface area contributed by atoms with Crippen LogP contribution in [0.1, 0.15) is 64.9 Å². The van der Waals surface area contributed by atoms with Crippen molar-refractivity contribution in [2.45, 2.75) is 59.3 Å². The third kappa shape index (κ3) is 3.04. The molecule has 2 unspecified atom stereocenters. The number of para-hydroxylation sites is 1. The van der Waals surface area contributed by atoms with E-state index in [1.165, 1.54) is 19.3 Å². The Hall–Kier alpha value is -1.84. The molecule has 0 spiro atoms. The van der Waals surface area contributed by atoms with Crippen LogP contribution in [0.3, 0.4) is 0 Å². The molecule has 26 heavy (non-hydrogen) atoms. The predicted octanol–water partition coefficient (Wildman–Crippen LogP) is 4.53. The van der Waals surface area contributed by atoms with E-state index < -0.39 is 0 Å². The monoisotopic (exact) mass is 354 g/mol. The van der Waals surface area contributed by atoms with Gasteiger partial charge in [-0.2, -0.15) is 5.10 Å². The Morgan fingerprint density at radius 1 is 1.19 bits per heavy atom. The van der Waals surface area contributed by atoms with Gasteiger partial charge >= 0.3 is 0 Å². The number of hydrogen-bond acceptors (Lipinski definition) is 3. The Balaban J connectivity index is 1.49. The van der Waals surface area contributed by atoms with Gasteiger partial charge in [-0.1, -0.05) is 26.0 Å². The molecule has 1 amide bonds. The van der Waals surface area contributed by atoms with Crippen LogP contribution in [0.15, 0.2) is 29.4 Å². The molecule has 4 saturated carbocycles. The van der Waals surface area contributed by atoms with E-state index in [-0.39, 0.29) is 11.3 Å². The van der Waals surface area contributed by atoms with Crippen LogP contribution < -0.4 is 10.2 Å². The molecule has 140 valence electrons. The number of hydrogen-bond donors (Lipinski definition) is 1. The summed E-state index contributed by atoms with van der Waals surface area (Å²) in [6, 6.07) is 7.77. The number of nitrogens with zero attached hydrogens (tertiary/aromatic N) is 1. The number of rotatable bonds is 5. The largest absolute Gasteiger partial charge is 0.493 e. The van der Waals surface area contributed by atoms with Crippen LogP contribution in [0.5, 0.6) is 5.75 Å². The lowest BCUT2D eigenvalue weighted by molar-refractivity contribution is -0.170. The fourth-order valence-electron chi connectivity index (χ4n) is 6.85. The zero-order valence-corrected chi connectivity index (χ0v) is 16.2. The van der Waals surface area contributed by atoms with Gasteiger partial charge in [0.25, 0.3) is 0 Å². The van der Waals surface area contributed by atoms with Gasteiger partial charge in [-0.15, -0.1) is 0 Å². The zero-order valence-electron chi connectivity index (χ0n) is 16.2. The average Bonchev–Trinajstić information content (AvgIpc) is 2.53. The number of carbonyl (C=O) groups is 1. The van der Waals surface area contributed by atoms with Crippen LogP contribution in [-0.2, 0) is 4.79 Å². The molecule has 4 aliphatic carbocycles.